The molecule has 14 heavy (non-hydrogen) atoms. The van der Waals surface area contributed by atoms with E-state index in [4.69, 9.17) is 0 Å². The number of ketones is 1. The van der Waals surface area contributed by atoms with Crippen molar-refractivity contribution in [2.45, 2.75) is 58.8 Å². The Kier molecular flexibility index (Phi) is 8.95. The minimum atomic E-state index is 0.0291. The number of carbonyl (C=O) groups excluding carboxylic acids is 1. The highest BCUT2D eigenvalue weighted by molar-refractivity contribution is 5.78. The van der Waals surface area contributed by atoms with E-state index in [0.29, 0.717) is 18.1 Å². The lowest BCUT2D eigenvalue weighted by Crippen LogP contribution is -2.00. The zero-order valence-electron chi connectivity index (χ0n) is 9.55. The van der Waals surface area contributed by atoms with Gasteiger partial charge in [-0.15, -0.1) is 0 Å². The summed E-state index contributed by atoms with van der Waals surface area (Å²) < 4.78 is 0. The van der Waals surface area contributed by atoms with Gasteiger partial charge in [-0.25, -0.2) is 5.11 Å². The van der Waals surface area contributed by atoms with E-state index in [9.17, 15) is 9.90 Å². The summed E-state index contributed by atoms with van der Waals surface area (Å²) in [5.74, 6) is 1.01. The first-order chi connectivity index (χ1) is 6.66. The molecule has 0 atom stereocenters. The Bertz CT molecular complexity index is 141. The van der Waals surface area contributed by atoms with Crippen LogP contribution in [0.15, 0.2) is 0 Å². The van der Waals surface area contributed by atoms with Crippen LogP contribution in [0.3, 0.4) is 0 Å². The van der Waals surface area contributed by atoms with Gasteiger partial charge in [0.05, 0.1) is 6.61 Å². The molecule has 0 N–H and O–H groups in total. The third-order valence-corrected chi connectivity index (χ3v) is 2.35. The van der Waals surface area contributed by atoms with Gasteiger partial charge in [0.2, 0.25) is 0 Å². The molecule has 2 nitrogen and oxygen atoms in total. The maximum absolute atomic E-state index is 11.3. The molecule has 0 unspecified atom stereocenters. The van der Waals surface area contributed by atoms with Crippen LogP contribution >= 0.6 is 0 Å². The molecule has 2 heteroatoms. The highest BCUT2D eigenvalue weighted by Crippen LogP contribution is 2.09. The van der Waals surface area contributed by atoms with Gasteiger partial charge in [0.15, 0.2) is 0 Å². The van der Waals surface area contributed by atoms with Gasteiger partial charge in [-0.2, -0.15) is 0 Å². The standard InChI is InChI=1S/C12H23O2/c1-11(2)8-9-12(14)7-5-3-4-6-10-13/h11H,3-10H2,1-2H3. The van der Waals surface area contributed by atoms with Gasteiger partial charge in [-0.1, -0.05) is 26.7 Å². The predicted octanol–water partition coefficient (Wildman–Crippen LogP) is 3.37. The number of hydrogen-bond donors (Lipinski definition) is 0. The van der Waals surface area contributed by atoms with Crippen molar-refractivity contribution in [2.75, 3.05) is 6.61 Å². The molecule has 0 aliphatic carbocycles. The van der Waals surface area contributed by atoms with E-state index in [-0.39, 0.29) is 6.61 Å². The Balaban J connectivity index is 3.18. The van der Waals surface area contributed by atoms with Crippen molar-refractivity contribution in [1.29, 1.82) is 0 Å². The smallest absolute Gasteiger partial charge is 0.132 e. The van der Waals surface area contributed by atoms with Gasteiger partial charge in [-0.3, -0.25) is 4.79 Å². The molecule has 0 aliphatic heterocycles. The van der Waals surface area contributed by atoms with Crippen molar-refractivity contribution in [3.8, 4) is 0 Å². The molecule has 83 valence electrons. The quantitative estimate of drug-likeness (QED) is 0.524. The van der Waals surface area contributed by atoms with Gasteiger partial charge in [0.25, 0.3) is 0 Å². The molecule has 0 rings (SSSR count). The lowest BCUT2D eigenvalue weighted by molar-refractivity contribution is -0.119. The van der Waals surface area contributed by atoms with Crippen LogP contribution in [0.25, 0.3) is 0 Å². The van der Waals surface area contributed by atoms with E-state index in [1.54, 1.807) is 0 Å². The van der Waals surface area contributed by atoms with Crippen LogP contribution in [0, 0.1) is 5.92 Å². The van der Waals surface area contributed by atoms with Gasteiger partial charge in [0, 0.05) is 12.8 Å². The summed E-state index contributed by atoms with van der Waals surface area (Å²) >= 11 is 0. The van der Waals surface area contributed by atoms with Crippen LogP contribution in [-0.4, -0.2) is 12.4 Å². The summed E-state index contributed by atoms with van der Waals surface area (Å²) in [4.78, 5) is 11.3. The van der Waals surface area contributed by atoms with E-state index in [2.05, 4.69) is 13.8 Å². The van der Waals surface area contributed by atoms with Crippen molar-refractivity contribution in [1.82, 2.24) is 0 Å². The fourth-order valence-corrected chi connectivity index (χ4v) is 1.35. The Morgan fingerprint density at radius 1 is 1.00 bits per heavy atom. The molecule has 1 radical (unpaired) electrons. The van der Waals surface area contributed by atoms with Crippen molar-refractivity contribution in [2.24, 2.45) is 5.92 Å². The molecule has 0 aliphatic rings. The maximum Gasteiger partial charge on any atom is 0.132 e. The summed E-state index contributed by atoms with van der Waals surface area (Å²) in [7, 11) is 0. The van der Waals surface area contributed by atoms with E-state index < -0.39 is 0 Å². The lowest BCUT2D eigenvalue weighted by Gasteiger charge is -2.03. The first kappa shape index (κ1) is 13.6. The Labute approximate surface area is 87.7 Å². The van der Waals surface area contributed by atoms with E-state index >= 15 is 0 Å². The topological polar surface area (TPSA) is 37.0 Å². The first-order valence-corrected chi connectivity index (χ1v) is 5.76. The predicted molar refractivity (Wildman–Crippen MR) is 57.7 cm³/mol. The first-order valence-electron chi connectivity index (χ1n) is 5.76. The molecule has 0 saturated carbocycles. The molecule has 0 aromatic heterocycles. The molecule has 0 aromatic carbocycles. The normalized spacial score (nSPS) is 10.9. The average molecular weight is 199 g/mol. The second kappa shape index (κ2) is 9.20. The highest BCUT2D eigenvalue weighted by Gasteiger charge is 2.03. The molecular formula is C12H23O2. The van der Waals surface area contributed by atoms with Crippen molar-refractivity contribution < 1.29 is 9.90 Å². The molecule has 0 amide bonds. The summed E-state index contributed by atoms with van der Waals surface area (Å²) in [6, 6.07) is 0. The zero-order valence-corrected chi connectivity index (χ0v) is 9.55. The van der Waals surface area contributed by atoms with E-state index in [0.717, 1.165) is 38.5 Å². The zero-order chi connectivity index (χ0) is 10.8. The fraction of sp³-hybridized carbons (Fsp3) is 0.917. The minimum absolute atomic E-state index is 0.0291. The van der Waals surface area contributed by atoms with Gasteiger partial charge in [0.1, 0.15) is 5.78 Å². The SMILES string of the molecule is CC(C)CCC(=O)CCCCCC[O]. The van der Waals surface area contributed by atoms with Crippen molar-refractivity contribution in [3.05, 3.63) is 0 Å². The van der Waals surface area contributed by atoms with Crippen LogP contribution in [0.2, 0.25) is 0 Å². The average Bonchev–Trinajstić information content (AvgIpc) is 2.14. The number of rotatable bonds is 9. The van der Waals surface area contributed by atoms with Crippen LogP contribution in [0.5, 0.6) is 0 Å². The number of unbranched alkanes of at least 4 members (excludes halogenated alkanes) is 3. The molecular weight excluding hydrogens is 176 g/mol. The van der Waals surface area contributed by atoms with Crippen LogP contribution in [-0.2, 0) is 9.90 Å². The van der Waals surface area contributed by atoms with E-state index in [1.807, 2.05) is 0 Å². The molecule has 0 aromatic rings. The summed E-state index contributed by atoms with van der Waals surface area (Å²) in [6.45, 7) is 4.31. The van der Waals surface area contributed by atoms with Crippen LogP contribution in [0.4, 0.5) is 0 Å². The number of Topliss-reactive ketones (excluding diaryl/α,β-unsaturated/α-hetero) is 1. The lowest BCUT2D eigenvalue weighted by atomic mass is 10.0. The molecule has 0 fully saturated rings. The van der Waals surface area contributed by atoms with Crippen molar-refractivity contribution in [3.63, 3.8) is 0 Å². The van der Waals surface area contributed by atoms with Crippen LogP contribution < -0.4 is 0 Å². The Morgan fingerprint density at radius 2 is 1.64 bits per heavy atom. The third kappa shape index (κ3) is 9.72. The largest absolute Gasteiger partial charge is 0.300 e. The van der Waals surface area contributed by atoms with Gasteiger partial charge in [-0.05, 0) is 25.2 Å². The molecule has 0 bridgehead atoms. The highest BCUT2D eigenvalue weighted by atomic mass is 16.2. The second-order valence-electron chi connectivity index (χ2n) is 4.34. The molecule has 0 spiro atoms. The fourth-order valence-electron chi connectivity index (χ4n) is 1.35. The molecule has 0 heterocycles. The number of hydrogen-bond acceptors (Lipinski definition) is 1. The Hall–Kier alpha value is -0.370. The van der Waals surface area contributed by atoms with Gasteiger partial charge >= 0.3 is 0 Å². The third-order valence-electron chi connectivity index (χ3n) is 2.35. The van der Waals surface area contributed by atoms with E-state index in [1.165, 1.54) is 0 Å². The number of carbonyl (C=O) groups is 1. The van der Waals surface area contributed by atoms with Crippen LogP contribution in [0.1, 0.15) is 58.8 Å². The van der Waals surface area contributed by atoms with Crippen molar-refractivity contribution >= 4 is 5.78 Å². The van der Waals surface area contributed by atoms with Gasteiger partial charge < -0.3 is 0 Å². The Morgan fingerprint density at radius 3 is 2.21 bits per heavy atom. The second-order valence-corrected chi connectivity index (χ2v) is 4.34. The monoisotopic (exact) mass is 199 g/mol. The minimum Gasteiger partial charge on any atom is -0.300 e. The molecule has 0 saturated heterocycles. The summed E-state index contributed by atoms with van der Waals surface area (Å²) in [5.41, 5.74) is 0. The maximum atomic E-state index is 11.3. The summed E-state index contributed by atoms with van der Waals surface area (Å²) in [5, 5.41) is 10.1. The summed E-state index contributed by atoms with van der Waals surface area (Å²) in [6.07, 6.45) is 6.22.